The molecule has 1 heterocycles. The average molecular weight is 570 g/mol. The number of piperidine rings is 1. The van der Waals surface area contributed by atoms with Gasteiger partial charge >= 0.3 is 0 Å². The van der Waals surface area contributed by atoms with Crippen LogP contribution in [0, 0.1) is 6.92 Å². The van der Waals surface area contributed by atoms with Gasteiger partial charge in [0, 0.05) is 37.2 Å². The standard InChI is InChI=1S/C26H36ClN3O5S2/c1-4-16-29(37(34,35)25-12-6-21(3)7-13-25)20-26(31)30(19-22-8-10-23(27)11-9-22)24-14-17-28(18-15-24)36(32,33)5-2/h6-13,24H,4-5,14-20H2,1-3H3. The topological polar surface area (TPSA) is 95.1 Å². The molecule has 0 N–H and O–H groups in total. The summed E-state index contributed by atoms with van der Waals surface area (Å²) in [6, 6.07) is 13.6. The minimum atomic E-state index is -3.87. The second kappa shape index (κ2) is 12.7. The predicted molar refractivity (Wildman–Crippen MR) is 146 cm³/mol. The van der Waals surface area contributed by atoms with E-state index in [0.717, 1.165) is 11.1 Å². The van der Waals surface area contributed by atoms with Crippen molar-refractivity contribution in [2.24, 2.45) is 0 Å². The summed E-state index contributed by atoms with van der Waals surface area (Å²) in [5.74, 6) is -0.274. The highest BCUT2D eigenvalue weighted by molar-refractivity contribution is 7.89. The van der Waals surface area contributed by atoms with Crippen LogP contribution in [0.15, 0.2) is 53.4 Å². The highest BCUT2D eigenvalue weighted by Gasteiger charge is 2.34. The van der Waals surface area contributed by atoms with Crippen LogP contribution >= 0.6 is 11.6 Å². The Morgan fingerprint density at radius 2 is 1.57 bits per heavy atom. The Labute approximate surface area is 226 Å². The molecule has 0 aromatic heterocycles. The molecule has 0 aliphatic carbocycles. The van der Waals surface area contributed by atoms with Gasteiger partial charge in [-0.15, -0.1) is 0 Å². The molecule has 0 unspecified atom stereocenters. The lowest BCUT2D eigenvalue weighted by Crippen LogP contribution is -2.51. The fourth-order valence-electron chi connectivity index (χ4n) is 4.46. The number of hydrogen-bond donors (Lipinski definition) is 0. The van der Waals surface area contributed by atoms with Crippen molar-refractivity contribution in [3.8, 4) is 0 Å². The number of aryl methyl sites for hydroxylation is 1. The van der Waals surface area contributed by atoms with Gasteiger partial charge in [0.15, 0.2) is 0 Å². The second-order valence-corrected chi connectivity index (χ2v) is 14.0. The molecule has 1 fully saturated rings. The van der Waals surface area contributed by atoms with Gasteiger partial charge in [0.1, 0.15) is 0 Å². The van der Waals surface area contributed by atoms with Gasteiger partial charge in [0.2, 0.25) is 26.0 Å². The molecule has 1 aliphatic heterocycles. The first-order valence-electron chi connectivity index (χ1n) is 12.6. The first-order chi connectivity index (χ1) is 17.5. The Balaban J connectivity index is 1.85. The van der Waals surface area contributed by atoms with Crippen molar-refractivity contribution < 1.29 is 21.6 Å². The molecule has 204 valence electrons. The Kier molecular flexibility index (Phi) is 10.2. The largest absolute Gasteiger partial charge is 0.334 e. The smallest absolute Gasteiger partial charge is 0.243 e. The second-order valence-electron chi connectivity index (χ2n) is 9.33. The zero-order chi connectivity index (χ0) is 27.2. The summed E-state index contributed by atoms with van der Waals surface area (Å²) in [6.45, 7) is 6.24. The van der Waals surface area contributed by atoms with E-state index in [1.165, 1.54) is 8.61 Å². The van der Waals surface area contributed by atoms with Crippen LogP contribution in [-0.2, 0) is 31.4 Å². The van der Waals surface area contributed by atoms with Crippen LogP contribution in [0.2, 0.25) is 5.02 Å². The fraction of sp³-hybridized carbons (Fsp3) is 0.500. The molecule has 0 atom stereocenters. The number of amides is 1. The molecule has 2 aromatic carbocycles. The number of hydrogen-bond acceptors (Lipinski definition) is 5. The maximum atomic E-state index is 13.7. The van der Waals surface area contributed by atoms with Crippen LogP contribution in [0.4, 0.5) is 0 Å². The van der Waals surface area contributed by atoms with E-state index >= 15 is 0 Å². The van der Waals surface area contributed by atoms with Crippen molar-refractivity contribution in [1.29, 1.82) is 0 Å². The molecule has 1 amide bonds. The molecule has 11 heteroatoms. The van der Waals surface area contributed by atoms with Crippen LogP contribution < -0.4 is 0 Å². The Morgan fingerprint density at radius 3 is 2.11 bits per heavy atom. The zero-order valence-electron chi connectivity index (χ0n) is 21.6. The molecular weight excluding hydrogens is 534 g/mol. The van der Waals surface area contributed by atoms with Crippen LogP contribution in [0.5, 0.6) is 0 Å². The number of sulfonamides is 2. The molecular formula is C26H36ClN3O5S2. The van der Waals surface area contributed by atoms with E-state index in [1.54, 1.807) is 48.2 Å². The molecule has 1 aliphatic rings. The zero-order valence-corrected chi connectivity index (χ0v) is 24.0. The molecule has 3 rings (SSSR count). The van der Waals surface area contributed by atoms with E-state index in [1.807, 2.05) is 26.0 Å². The van der Waals surface area contributed by atoms with E-state index in [0.29, 0.717) is 37.4 Å². The number of carbonyl (C=O) groups excluding carboxylic acids is 1. The van der Waals surface area contributed by atoms with Crippen molar-refractivity contribution in [2.45, 2.75) is 57.5 Å². The number of nitrogens with zero attached hydrogens (tertiary/aromatic N) is 3. The summed E-state index contributed by atoms with van der Waals surface area (Å²) in [4.78, 5) is 15.6. The highest BCUT2D eigenvalue weighted by Crippen LogP contribution is 2.24. The van der Waals surface area contributed by atoms with Crippen molar-refractivity contribution in [2.75, 3.05) is 31.9 Å². The Bertz CT molecular complexity index is 1260. The van der Waals surface area contributed by atoms with Gasteiger partial charge in [0.25, 0.3) is 0 Å². The third-order valence-corrected chi connectivity index (χ3v) is 10.6. The monoisotopic (exact) mass is 569 g/mol. The molecule has 1 saturated heterocycles. The summed E-state index contributed by atoms with van der Waals surface area (Å²) in [5.41, 5.74) is 1.81. The summed E-state index contributed by atoms with van der Waals surface area (Å²) in [6.07, 6.45) is 1.52. The minimum absolute atomic E-state index is 0.0356. The summed E-state index contributed by atoms with van der Waals surface area (Å²) >= 11 is 6.04. The van der Waals surface area contributed by atoms with Gasteiger partial charge in [-0.05, 0) is 62.9 Å². The molecule has 0 bridgehead atoms. The number of halogens is 1. The van der Waals surface area contributed by atoms with Crippen LogP contribution in [-0.4, -0.2) is 74.2 Å². The average Bonchev–Trinajstić information content (AvgIpc) is 2.88. The van der Waals surface area contributed by atoms with Crippen molar-refractivity contribution >= 4 is 37.6 Å². The highest BCUT2D eigenvalue weighted by atomic mass is 35.5. The maximum Gasteiger partial charge on any atom is 0.243 e. The Hall–Kier alpha value is -1.98. The fourth-order valence-corrected chi connectivity index (χ4v) is 7.20. The summed E-state index contributed by atoms with van der Waals surface area (Å²) in [5, 5.41) is 0.581. The number of benzene rings is 2. The third kappa shape index (κ3) is 7.54. The van der Waals surface area contributed by atoms with Gasteiger partial charge in [-0.2, -0.15) is 4.31 Å². The van der Waals surface area contributed by atoms with Crippen molar-refractivity contribution in [1.82, 2.24) is 13.5 Å². The maximum absolute atomic E-state index is 13.7. The first-order valence-corrected chi connectivity index (χ1v) is 16.0. The van der Waals surface area contributed by atoms with Gasteiger partial charge < -0.3 is 4.90 Å². The van der Waals surface area contributed by atoms with Gasteiger partial charge in [0.05, 0.1) is 17.2 Å². The van der Waals surface area contributed by atoms with Crippen LogP contribution in [0.1, 0.15) is 44.2 Å². The van der Waals surface area contributed by atoms with Crippen molar-refractivity contribution in [3.63, 3.8) is 0 Å². The van der Waals surface area contributed by atoms with E-state index in [4.69, 9.17) is 11.6 Å². The predicted octanol–water partition coefficient (Wildman–Crippen LogP) is 3.89. The quantitative estimate of drug-likeness (QED) is 0.409. The first kappa shape index (κ1) is 29.6. The Morgan fingerprint density at radius 1 is 0.973 bits per heavy atom. The van der Waals surface area contributed by atoms with Crippen LogP contribution in [0.3, 0.4) is 0 Å². The van der Waals surface area contributed by atoms with Crippen LogP contribution in [0.25, 0.3) is 0 Å². The van der Waals surface area contributed by atoms with E-state index < -0.39 is 20.0 Å². The SMILES string of the molecule is CCCN(CC(=O)N(Cc1ccc(Cl)cc1)C1CCN(S(=O)(=O)CC)CC1)S(=O)(=O)c1ccc(C)cc1. The lowest BCUT2D eigenvalue weighted by Gasteiger charge is -2.39. The van der Waals surface area contributed by atoms with Gasteiger partial charge in [-0.25, -0.2) is 21.1 Å². The molecule has 0 saturated carbocycles. The summed E-state index contributed by atoms with van der Waals surface area (Å²) < 4.78 is 54.2. The van der Waals surface area contributed by atoms with Gasteiger partial charge in [-0.3, -0.25) is 4.79 Å². The van der Waals surface area contributed by atoms with E-state index in [-0.39, 0.29) is 42.2 Å². The third-order valence-electron chi connectivity index (χ3n) is 6.65. The van der Waals surface area contributed by atoms with E-state index in [2.05, 4.69) is 0 Å². The molecule has 2 aromatic rings. The number of rotatable bonds is 11. The number of carbonyl (C=O) groups is 1. The molecule has 37 heavy (non-hydrogen) atoms. The normalized spacial score (nSPS) is 15.7. The molecule has 0 spiro atoms. The lowest BCUT2D eigenvalue weighted by atomic mass is 10.0. The van der Waals surface area contributed by atoms with E-state index in [9.17, 15) is 21.6 Å². The van der Waals surface area contributed by atoms with Gasteiger partial charge in [-0.1, -0.05) is 48.4 Å². The minimum Gasteiger partial charge on any atom is -0.334 e. The van der Waals surface area contributed by atoms with Crippen molar-refractivity contribution in [3.05, 3.63) is 64.7 Å². The molecule has 0 radical (unpaired) electrons. The summed E-state index contributed by atoms with van der Waals surface area (Å²) in [7, 11) is -7.17. The molecule has 8 nitrogen and oxygen atoms in total. The lowest BCUT2D eigenvalue weighted by molar-refractivity contribution is -0.135.